The van der Waals surface area contributed by atoms with Gasteiger partial charge in [0.1, 0.15) is 5.75 Å². The van der Waals surface area contributed by atoms with Crippen molar-refractivity contribution in [3.05, 3.63) is 59.7 Å². The monoisotopic (exact) mass is 574 g/mol. The fourth-order valence-electron chi connectivity index (χ4n) is 3.09. The van der Waals surface area contributed by atoms with Crippen molar-refractivity contribution in [2.24, 2.45) is 4.99 Å². The van der Waals surface area contributed by atoms with Crippen molar-refractivity contribution >= 4 is 40.0 Å². The number of hydrogen-bond acceptors (Lipinski definition) is 4. The van der Waals surface area contributed by atoms with Crippen LogP contribution in [0.4, 0.5) is 0 Å². The molecule has 0 fully saturated rings. The summed E-state index contributed by atoms with van der Waals surface area (Å²) in [5.74, 6) is 1.90. The molecule has 1 unspecified atom stereocenters. The predicted molar refractivity (Wildman–Crippen MR) is 142 cm³/mol. The van der Waals surface area contributed by atoms with E-state index >= 15 is 0 Å². The first-order valence-corrected chi connectivity index (χ1v) is 11.9. The number of methoxy groups -OCH3 is 1. The number of aliphatic imine (C=N–C) groups is 1. The summed E-state index contributed by atoms with van der Waals surface area (Å²) in [5.41, 5.74) is 1.92. The van der Waals surface area contributed by atoms with Gasteiger partial charge < -0.3 is 15.4 Å². The third kappa shape index (κ3) is 7.93. The first-order chi connectivity index (χ1) is 14.8. The number of nitrogens with one attached hydrogen (secondary N) is 2. The van der Waals surface area contributed by atoms with Crippen molar-refractivity contribution in [2.75, 3.05) is 34.3 Å². The molecule has 0 bridgehead atoms. The third-order valence-corrected chi connectivity index (χ3v) is 6.95. The van der Waals surface area contributed by atoms with Gasteiger partial charge in [0.15, 0.2) is 5.96 Å². The van der Waals surface area contributed by atoms with Gasteiger partial charge in [-0.05, 0) is 48.6 Å². The molecule has 9 heteroatoms. The van der Waals surface area contributed by atoms with Crippen molar-refractivity contribution in [1.82, 2.24) is 14.9 Å². The summed E-state index contributed by atoms with van der Waals surface area (Å²) in [6.07, 6.45) is 0.933. The highest BCUT2D eigenvalue weighted by Crippen LogP contribution is 2.21. The molecule has 0 aliphatic heterocycles. The Hall–Kier alpha value is -1.85. The largest absolute Gasteiger partial charge is 0.497 e. The molecule has 2 N–H and O–H groups in total. The summed E-state index contributed by atoms with van der Waals surface area (Å²) in [4.78, 5) is 4.89. The Labute approximate surface area is 209 Å². The Bertz CT molecular complexity index is 963. The molecule has 0 saturated heterocycles. The van der Waals surface area contributed by atoms with E-state index in [0.29, 0.717) is 17.4 Å². The molecule has 0 aliphatic rings. The second-order valence-electron chi connectivity index (χ2n) is 7.48. The minimum atomic E-state index is -3.52. The van der Waals surface area contributed by atoms with Gasteiger partial charge in [-0.25, -0.2) is 17.7 Å². The first-order valence-electron chi connectivity index (χ1n) is 10.5. The van der Waals surface area contributed by atoms with E-state index in [0.717, 1.165) is 25.3 Å². The molecule has 0 heterocycles. The number of guanidine groups is 1. The predicted octanol–water partition coefficient (Wildman–Crippen LogP) is 3.81. The molecule has 7 nitrogen and oxygen atoms in total. The average molecular weight is 575 g/mol. The summed E-state index contributed by atoms with van der Waals surface area (Å²) in [6.45, 7) is 5.93. The van der Waals surface area contributed by atoms with E-state index in [-0.39, 0.29) is 35.4 Å². The topological polar surface area (TPSA) is 83.0 Å². The van der Waals surface area contributed by atoms with Crippen LogP contribution in [0.3, 0.4) is 0 Å². The van der Waals surface area contributed by atoms with E-state index < -0.39 is 10.0 Å². The van der Waals surface area contributed by atoms with Crippen LogP contribution in [0.25, 0.3) is 0 Å². The summed E-state index contributed by atoms with van der Waals surface area (Å²) in [5, 5.41) is 6.57. The molecule has 2 aromatic carbocycles. The maximum absolute atomic E-state index is 12.6. The van der Waals surface area contributed by atoms with Crippen molar-refractivity contribution in [2.45, 2.75) is 37.6 Å². The van der Waals surface area contributed by atoms with Gasteiger partial charge in [-0.3, -0.25) is 0 Å². The molecule has 2 aromatic rings. The average Bonchev–Trinajstić information content (AvgIpc) is 2.77. The van der Waals surface area contributed by atoms with Crippen molar-refractivity contribution < 1.29 is 13.2 Å². The van der Waals surface area contributed by atoms with Gasteiger partial charge in [0.25, 0.3) is 0 Å². The molecule has 0 aliphatic carbocycles. The lowest BCUT2D eigenvalue weighted by atomic mass is 9.98. The second-order valence-corrected chi connectivity index (χ2v) is 9.60. The molecule has 2 rings (SSSR count). The Morgan fingerprint density at radius 1 is 1.09 bits per heavy atom. The molecule has 0 aromatic heterocycles. The Morgan fingerprint density at radius 3 is 2.34 bits per heavy atom. The highest BCUT2D eigenvalue weighted by atomic mass is 127. The molecule has 0 spiro atoms. The maximum Gasteiger partial charge on any atom is 0.242 e. The summed E-state index contributed by atoms with van der Waals surface area (Å²) >= 11 is 0. The van der Waals surface area contributed by atoms with Gasteiger partial charge in [0, 0.05) is 27.2 Å². The van der Waals surface area contributed by atoms with Crippen LogP contribution < -0.4 is 15.4 Å². The Balaban J connectivity index is 0.00000512. The van der Waals surface area contributed by atoms with Crippen LogP contribution >= 0.6 is 24.0 Å². The quantitative estimate of drug-likeness (QED) is 0.256. The second kappa shape index (κ2) is 13.6. The smallest absolute Gasteiger partial charge is 0.242 e. The lowest BCUT2D eigenvalue weighted by molar-refractivity contribution is 0.414. The summed E-state index contributed by atoms with van der Waals surface area (Å²) in [7, 11) is 1.21. The molecule has 0 radical (unpaired) electrons. The van der Waals surface area contributed by atoms with E-state index in [2.05, 4.69) is 34.7 Å². The van der Waals surface area contributed by atoms with Gasteiger partial charge in [-0.2, -0.15) is 0 Å². The van der Waals surface area contributed by atoms with Crippen LogP contribution in [0.5, 0.6) is 5.75 Å². The number of hydrogen-bond donors (Lipinski definition) is 2. The van der Waals surface area contributed by atoms with Crippen molar-refractivity contribution in [1.29, 1.82) is 0 Å². The molecule has 178 valence electrons. The minimum Gasteiger partial charge on any atom is -0.497 e. The van der Waals surface area contributed by atoms with Crippen LogP contribution in [0.15, 0.2) is 58.4 Å². The normalized spacial score (nSPS) is 12.8. The van der Waals surface area contributed by atoms with E-state index in [9.17, 15) is 8.42 Å². The standard InChI is InChI=1S/C23H34N4O3S.HI/c1-6-24-23(25-16-15-18(2)19-11-13-21(30-5)14-12-19)26-17-20-9-7-8-10-22(20)31(28,29)27(3)4;/h7-14,18H,6,15-17H2,1-5H3,(H2,24,25,26);1H. The minimum absolute atomic E-state index is 0. The summed E-state index contributed by atoms with van der Waals surface area (Å²) in [6, 6.07) is 15.1. The molecule has 0 amide bonds. The third-order valence-electron chi connectivity index (χ3n) is 5.04. The highest BCUT2D eigenvalue weighted by molar-refractivity contribution is 14.0. The van der Waals surface area contributed by atoms with Crippen LogP contribution in [-0.4, -0.2) is 53.0 Å². The van der Waals surface area contributed by atoms with Gasteiger partial charge in [-0.1, -0.05) is 37.3 Å². The zero-order valence-electron chi connectivity index (χ0n) is 19.5. The SMILES string of the molecule is CCNC(=NCc1ccccc1S(=O)(=O)N(C)C)NCCC(C)c1ccc(OC)cc1.I. The molecular weight excluding hydrogens is 539 g/mol. The van der Waals surface area contributed by atoms with E-state index in [1.54, 1.807) is 25.3 Å². The Morgan fingerprint density at radius 2 is 1.75 bits per heavy atom. The summed E-state index contributed by atoms with van der Waals surface area (Å²) < 4.78 is 31.6. The molecule has 1 atom stereocenters. The van der Waals surface area contributed by atoms with Crippen LogP contribution in [-0.2, 0) is 16.6 Å². The molecular formula is C23H35IN4O3S. The van der Waals surface area contributed by atoms with Gasteiger partial charge in [0.2, 0.25) is 10.0 Å². The first kappa shape index (κ1) is 28.2. The van der Waals surface area contributed by atoms with Gasteiger partial charge in [-0.15, -0.1) is 24.0 Å². The highest BCUT2D eigenvalue weighted by Gasteiger charge is 2.20. The molecule has 0 saturated carbocycles. The lowest BCUT2D eigenvalue weighted by Gasteiger charge is -2.16. The van der Waals surface area contributed by atoms with Crippen LogP contribution in [0.1, 0.15) is 37.3 Å². The number of nitrogens with zero attached hydrogens (tertiary/aromatic N) is 2. The number of halogens is 1. The number of sulfonamides is 1. The zero-order valence-corrected chi connectivity index (χ0v) is 22.6. The van der Waals surface area contributed by atoms with E-state index in [1.807, 2.05) is 25.1 Å². The zero-order chi connectivity index (χ0) is 22.9. The maximum atomic E-state index is 12.6. The van der Waals surface area contributed by atoms with Crippen molar-refractivity contribution in [3.63, 3.8) is 0 Å². The lowest BCUT2D eigenvalue weighted by Crippen LogP contribution is -2.38. The van der Waals surface area contributed by atoms with E-state index in [1.165, 1.54) is 24.0 Å². The molecule has 32 heavy (non-hydrogen) atoms. The fourth-order valence-corrected chi connectivity index (χ4v) is 4.20. The fraction of sp³-hybridized carbons (Fsp3) is 0.435. The van der Waals surface area contributed by atoms with Crippen molar-refractivity contribution in [3.8, 4) is 5.75 Å². The number of ether oxygens (including phenoxy) is 1. The van der Waals surface area contributed by atoms with Crippen LogP contribution in [0, 0.1) is 0 Å². The number of rotatable bonds is 10. The van der Waals surface area contributed by atoms with E-state index in [4.69, 9.17) is 4.74 Å². The Kier molecular flexibility index (Phi) is 12.0. The number of benzene rings is 2. The van der Waals surface area contributed by atoms with Crippen LogP contribution in [0.2, 0.25) is 0 Å². The van der Waals surface area contributed by atoms with Gasteiger partial charge in [0.05, 0.1) is 18.6 Å². The van der Waals surface area contributed by atoms with Gasteiger partial charge >= 0.3 is 0 Å².